The first-order valence-electron chi connectivity index (χ1n) is 12.8. The maximum Gasteiger partial charge on any atom is 0.270 e. The van der Waals surface area contributed by atoms with Gasteiger partial charge in [0, 0.05) is 18.4 Å². The van der Waals surface area contributed by atoms with E-state index in [0.717, 1.165) is 42.7 Å². The lowest BCUT2D eigenvalue weighted by Gasteiger charge is -2.36. The molecule has 1 fully saturated rings. The zero-order chi connectivity index (χ0) is 27.3. The van der Waals surface area contributed by atoms with E-state index >= 15 is 0 Å². The van der Waals surface area contributed by atoms with Crippen LogP contribution in [0.4, 0.5) is 23.1 Å². The third kappa shape index (κ3) is 4.29. The predicted octanol–water partition coefficient (Wildman–Crippen LogP) is 5.16. The third-order valence-electron chi connectivity index (χ3n) is 7.69. The normalized spacial score (nSPS) is 18.3. The van der Waals surface area contributed by atoms with Gasteiger partial charge in [-0.05, 0) is 75.3 Å². The van der Waals surface area contributed by atoms with Crippen LogP contribution >= 0.6 is 23.2 Å². The first-order chi connectivity index (χ1) is 18.8. The number of aryl methyl sites for hydroxylation is 1. The van der Waals surface area contributed by atoms with Crippen molar-refractivity contribution in [3.63, 3.8) is 0 Å². The van der Waals surface area contributed by atoms with Crippen LogP contribution in [0.1, 0.15) is 34.3 Å². The molecule has 3 aliphatic heterocycles. The number of nitrogens with one attached hydrogen (secondary N) is 1. The number of hydrogen-bond acceptors (Lipinski definition) is 8. The summed E-state index contributed by atoms with van der Waals surface area (Å²) in [4.78, 5) is 32.9. The Morgan fingerprint density at radius 1 is 1.10 bits per heavy atom. The summed E-state index contributed by atoms with van der Waals surface area (Å²) < 4.78 is 0. The zero-order valence-corrected chi connectivity index (χ0v) is 23.1. The van der Waals surface area contributed by atoms with Crippen LogP contribution in [0.2, 0.25) is 10.0 Å². The molecule has 0 aliphatic carbocycles. The first kappa shape index (κ1) is 25.6. The van der Waals surface area contributed by atoms with Crippen LogP contribution in [0.5, 0.6) is 0 Å². The number of likely N-dealkylation sites (tertiary alicyclic amines) is 1. The van der Waals surface area contributed by atoms with Crippen molar-refractivity contribution in [2.45, 2.75) is 25.2 Å². The van der Waals surface area contributed by atoms with Crippen LogP contribution in [0.15, 0.2) is 47.6 Å². The second-order valence-corrected chi connectivity index (χ2v) is 10.9. The molecule has 0 radical (unpaired) electrons. The van der Waals surface area contributed by atoms with Gasteiger partial charge in [-0.15, -0.1) is 0 Å². The standard InChI is InChI=1S/C28H26Cl2N8O/c1-17-14-18(6-7-20(17)28(16-31)8-11-36(2)12-9-28)34-26-33-15-19-24(35-26)37-13-10-32-27(37)38(25(19)39)23-21(29)4-3-5-22(23)30/h3-7,14-15H,8-13H2,1-2H3,(H,33,34,35). The minimum atomic E-state index is -0.473. The number of anilines is 4. The quantitative estimate of drug-likeness (QED) is 0.470. The molecule has 1 amide bonds. The van der Waals surface area contributed by atoms with Crippen molar-refractivity contribution in [3.05, 3.63) is 69.3 Å². The van der Waals surface area contributed by atoms with Gasteiger partial charge in [0.2, 0.25) is 11.9 Å². The average molecular weight is 561 g/mol. The molecular weight excluding hydrogens is 535 g/mol. The number of rotatable bonds is 4. The Morgan fingerprint density at radius 2 is 1.85 bits per heavy atom. The van der Waals surface area contributed by atoms with E-state index in [1.165, 1.54) is 11.1 Å². The summed E-state index contributed by atoms with van der Waals surface area (Å²) in [7, 11) is 2.09. The molecule has 0 bridgehead atoms. The summed E-state index contributed by atoms with van der Waals surface area (Å²) >= 11 is 12.9. The average Bonchev–Trinajstić information content (AvgIpc) is 3.41. The van der Waals surface area contributed by atoms with Crippen molar-refractivity contribution < 1.29 is 4.79 Å². The monoisotopic (exact) mass is 560 g/mol. The number of aliphatic imine (C=N–C) groups is 1. The summed E-state index contributed by atoms with van der Waals surface area (Å²) in [6, 6.07) is 13.7. The lowest BCUT2D eigenvalue weighted by atomic mass is 9.72. The summed E-state index contributed by atoms with van der Waals surface area (Å²) in [5, 5.41) is 14.1. The van der Waals surface area contributed by atoms with Crippen LogP contribution in [-0.4, -0.2) is 60.0 Å². The Balaban J connectivity index is 1.30. The molecule has 2 aromatic carbocycles. The van der Waals surface area contributed by atoms with Gasteiger partial charge in [-0.25, -0.2) is 9.88 Å². The Morgan fingerprint density at radius 3 is 2.54 bits per heavy atom. The number of carbonyl (C=O) groups is 1. The Bertz CT molecular complexity index is 1540. The van der Waals surface area contributed by atoms with E-state index in [9.17, 15) is 10.1 Å². The fraction of sp³-hybridized carbons (Fsp3) is 0.321. The molecular formula is C28H26Cl2N8O. The highest BCUT2D eigenvalue weighted by Gasteiger charge is 2.41. The molecule has 4 heterocycles. The molecule has 0 spiro atoms. The SMILES string of the molecule is Cc1cc(Nc2ncc3c(n2)N2CCN=C2N(c2c(Cl)cccc2Cl)C3=O)ccc1C1(C#N)CCN(C)CC1. The number of carbonyl (C=O) groups excluding carboxylic acids is 1. The molecule has 1 saturated heterocycles. The molecule has 1 N–H and O–H groups in total. The largest absolute Gasteiger partial charge is 0.324 e. The highest BCUT2D eigenvalue weighted by Crippen LogP contribution is 2.40. The van der Waals surface area contributed by atoms with E-state index < -0.39 is 5.41 Å². The van der Waals surface area contributed by atoms with Crippen LogP contribution in [0.3, 0.4) is 0 Å². The van der Waals surface area contributed by atoms with E-state index in [1.807, 2.05) is 30.0 Å². The highest BCUT2D eigenvalue weighted by atomic mass is 35.5. The molecule has 0 saturated carbocycles. The van der Waals surface area contributed by atoms with Gasteiger partial charge in [0.1, 0.15) is 5.56 Å². The number of guanidine groups is 1. The van der Waals surface area contributed by atoms with E-state index in [-0.39, 0.29) is 5.91 Å². The summed E-state index contributed by atoms with van der Waals surface area (Å²) in [6.07, 6.45) is 3.14. The molecule has 0 unspecified atom stereocenters. The molecule has 198 valence electrons. The minimum absolute atomic E-state index is 0.335. The number of aromatic nitrogens is 2. The Hall–Kier alpha value is -3.71. The third-order valence-corrected chi connectivity index (χ3v) is 8.30. The number of halogens is 2. The topological polar surface area (TPSA) is 101 Å². The van der Waals surface area contributed by atoms with E-state index in [2.05, 4.69) is 33.3 Å². The van der Waals surface area contributed by atoms with Gasteiger partial charge in [-0.1, -0.05) is 35.3 Å². The molecule has 39 heavy (non-hydrogen) atoms. The fourth-order valence-electron chi connectivity index (χ4n) is 5.58. The van der Waals surface area contributed by atoms with Gasteiger partial charge in [0.25, 0.3) is 5.91 Å². The van der Waals surface area contributed by atoms with Crippen molar-refractivity contribution in [1.29, 1.82) is 5.26 Å². The Kier molecular flexibility index (Phi) is 6.42. The number of piperidine rings is 1. The van der Waals surface area contributed by atoms with Crippen LogP contribution in [0.25, 0.3) is 0 Å². The van der Waals surface area contributed by atoms with Crippen LogP contribution in [0, 0.1) is 18.3 Å². The van der Waals surface area contributed by atoms with Crippen molar-refractivity contribution >= 4 is 58.2 Å². The van der Waals surface area contributed by atoms with E-state index in [0.29, 0.717) is 52.1 Å². The number of nitrogens with zero attached hydrogens (tertiary/aromatic N) is 7. The molecule has 1 aromatic heterocycles. The molecule has 6 rings (SSSR count). The maximum atomic E-state index is 13.6. The predicted molar refractivity (Wildman–Crippen MR) is 153 cm³/mol. The smallest absolute Gasteiger partial charge is 0.270 e. The van der Waals surface area contributed by atoms with E-state index in [1.54, 1.807) is 18.2 Å². The van der Waals surface area contributed by atoms with Gasteiger partial charge in [-0.3, -0.25) is 14.7 Å². The molecule has 3 aliphatic rings. The lowest BCUT2D eigenvalue weighted by Crippen LogP contribution is -2.51. The van der Waals surface area contributed by atoms with Crippen molar-refractivity contribution in [1.82, 2.24) is 14.9 Å². The Labute approximate surface area is 236 Å². The van der Waals surface area contributed by atoms with E-state index in [4.69, 9.17) is 28.2 Å². The number of hydrogen-bond donors (Lipinski definition) is 1. The highest BCUT2D eigenvalue weighted by molar-refractivity contribution is 6.43. The van der Waals surface area contributed by atoms with Crippen LogP contribution in [-0.2, 0) is 5.41 Å². The first-order valence-corrected chi connectivity index (χ1v) is 13.5. The number of para-hydroxylation sites is 1. The van der Waals surface area contributed by atoms with Crippen molar-refractivity contribution in [2.75, 3.05) is 48.3 Å². The molecule has 3 aromatic rings. The second kappa shape index (κ2) is 9.79. The summed E-state index contributed by atoms with van der Waals surface area (Å²) in [5.74, 6) is 0.936. The van der Waals surface area contributed by atoms with Crippen molar-refractivity contribution in [2.24, 2.45) is 4.99 Å². The van der Waals surface area contributed by atoms with Gasteiger partial charge in [0.05, 0.1) is 33.8 Å². The molecule has 0 atom stereocenters. The molecule has 9 nitrogen and oxygen atoms in total. The summed E-state index contributed by atoms with van der Waals surface area (Å²) in [6.45, 7) is 4.90. The number of nitriles is 1. The second-order valence-electron chi connectivity index (χ2n) is 10.1. The van der Waals surface area contributed by atoms with Gasteiger partial charge >= 0.3 is 0 Å². The lowest BCUT2D eigenvalue weighted by molar-refractivity contribution is 0.1000. The molecule has 11 heteroatoms. The van der Waals surface area contributed by atoms with Crippen LogP contribution < -0.4 is 15.1 Å². The summed E-state index contributed by atoms with van der Waals surface area (Å²) in [5.41, 5.74) is 3.16. The van der Waals surface area contributed by atoms with Gasteiger partial charge < -0.3 is 10.2 Å². The maximum absolute atomic E-state index is 13.6. The number of amides is 1. The van der Waals surface area contributed by atoms with Gasteiger partial charge in [0.15, 0.2) is 5.82 Å². The number of fused-ring (bicyclic) bond motifs is 3. The van der Waals surface area contributed by atoms with Gasteiger partial charge in [-0.2, -0.15) is 10.2 Å². The number of benzene rings is 2. The van der Waals surface area contributed by atoms with Crippen molar-refractivity contribution in [3.8, 4) is 6.07 Å². The minimum Gasteiger partial charge on any atom is -0.324 e. The zero-order valence-electron chi connectivity index (χ0n) is 21.6. The fourth-order valence-corrected chi connectivity index (χ4v) is 6.15.